The maximum Gasteiger partial charge on any atom is 0.322 e. The number of nitrogens with two attached hydrogens (primary N) is 4. The summed E-state index contributed by atoms with van der Waals surface area (Å²) in [5.74, 6) is -1.49. The van der Waals surface area contributed by atoms with E-state index >= 15 is 0 Å². The number of phenolic OH excluding ortho intramolecular Hbond substituents is 3. The number of carbonyl (C=O) groups excluding carboxylic acids is 2. The van der Waals surface area contributed by atoms with E-state index in [2.05, 4.69) is 19.7 Å². The average Bonchev–Trinajstić information content (AvgIpc) is 3.78. The Morgan fingerprint density at radius 3 is 1.31 bits per heavy atom. The van der Waals surface area contributed by atoms with Gasteiger partial charge < -0.3 is 63.0 Å². The Kier molecular flexibility index (Phi) is 11.5. The lowest BCUT2D eigenvalue weighted by Crippen LogP contribution is -2.38. The Morgan fingerprint density at radius 2 is 0.980 bits per heavy atom. The molecule has 49 heavy (non-hydrogen) atoms. The quantitative estimate of drug-likeness (QED) is 0.0986. The van der Waals surface area contributed by atoms with Gasteiger partial charge in [-0.15, -0.1) is 0 Å². The van der Waals surface area contributed by atoms with Gasteiger partial charge in [-0.2, -0.15) is 0 Å². The van der Waals surface area contributed by atoms with Crippen LogP contribution in [-0.2, 0) is 38.4 Å². The highest BCUT2D eigenvalue weighted by atomic mass is 16.5. The van der Waals surface area contributed by atoms with Gasteiger partial charge in [0.1, 0.15) is 29.3 Å². The van der Waals surface area contributed by atoms with Gasteiger partial charge in [-0.25, -0.2) is 0 Å². The summed E-state index contributed by atoms with van der Waals surface area (Å²) >= 11 is 0. The molecule has 3 atom stereocenters. The Balaban J connectivity index is 0.000000166. The van der Waals surface area contributed by atoms with Crippen LogP contribution in [0.2, 0.25) is 0 Å². The number of aromatic nitrogens is 3. The summed E-state index contributed by atoms with van der Waals surface area (Å²) in [4.78, 5) is 41.8. The Morgan fingerprint density at radius 1 is 0.633 bits per heavy atom. The molecule has 15 nitrogen and oxygen atoms in total. The first-order chi connectivity index (χ1) is 23.3. The van der Waals surface area contributed by atoms with Crippen molar-refractivity contribution in [2.75, 3.05) is 7.11 Å². The van der Waals surface area contributed by atoms with Crippen LogP contribution in [0.1, 0.15) is 16.7 Å². The third-order valence-corrected chi connectivity index (χ3v) is 7.76. The van der Waals surface area contributed by atoms with E-state index in [4.69, 9.17) is 28.0 Å². The normalized spacial score (nSPS) is 12.7. The van der Waals surface area contributed by atoms with Crippen molar-refractivity contribution in [3.05, 3.63) is 89.9 Å². The largest absolute Gasteiger partial charge is 0.508 e. The van der Waals surface area contributed by atoms with Crippen LogP contribution in [0.15, 0.2) is 73.2 Å². The number of hydrogen-bond donors (Lipinski definition) is 11. The number of benzene rings is 3. The monoisotopic (exact) mass is 673 g/mol. The summed E-state index contributed by atoms with van der Waals surface area (Å²) < 4.78 is 4.57. The van der Waals surface area contributed by atoms with E-state index in [0.29, 0.717) is 12.8 Å². The number of aromatic amines is 3. The first-order valence-corrected chi connectivity index (χ1v) is 15.0. The van der Waals surface area contributed by atoms with E-state index in [1.807, 2.05) is 0 Å². The highest BCUT2D eigenvalue weighted by Gasteiger charge is 2.17. The van der Waals surface area contributed by atoms with Crippen molar-refractivity contribution in [1.82, 2.24) is 15.0 Å². The second-order valence-electron chi connectivity index (χ2n) is 11.3. The zero-order valence-corrected chi connectivity index (χ0v) is 26.5. The Bertz CT molecular complexity index is 1990. The van der Waals surface area contributed by atoms with Crippen molar-refractivity contribution in [3.8, 4) is 17.2 Å². The van der Waals surface area contributed by atoms with Crippen molar-refractivity contribution in [1.29, 1.82) is 0 Å². The highest BCUT2D eigenvalue weighted by molar-refractivity contribution is 5.88. The molecule has 3 aromatic heterocycles. The number of hydrogen-bond acceptors (Lipinski definition) is 10. The maximum atomic E-state index is 11.2. The fourth-order valence-electron chi connectivity index (χ4n) is 5.14. The van der Waals surface area contributed by atoms with Crippen LogP contribution < -0.4 is 22.9 Å². The van der Waals surface area contributed by atoms with Gasteiger partial charge in [0.2, 0.25) is 5.91 Å². The van der Waals surface area contributed by atoms with Crippen molar-refractivity contribution in [3.63, 3.8) is 0 Å². The summed E-state index contributed by atoms with van der Waals surface area (Å²) in [6, 6.07) is 12.6. The lowest BCUT2D eigenvalue weighted by molar-refractivity contribution is -0.142. The summed E-state index contributed by atoms with van der Waals surface area (Å²) in [5, 5.41) is 39.4. The van der Waals surface area contributed by atoms with Gasteiger partial charge >= 0.3 is 11.9 Å². The van der Waals surface area contributed by atoms with E-state index in [9.17, 15) is 29.7 Å². The van der Waals surface area contributed by atoms with Crippen molar-refractivity contribution >= 4 is 50.6 Å². The molecular formula is C34H39N7O8. The van der Waals surface area contributed by atoms with Gasteiger partial charge in [-0.3, -0.25) is 14.4 Å². The number of phenols is 3. The fraction of sp³-hybridized carbons (Fsp3) is 0.206. The molecule has 0 unspecified atom stereocenters. The van der Waals surface area contributed by atoms with Gasteiger partial charge in [0, 0.05) is 64.1 Å². The Labute approximate surface area is 279 Å². The van der Waals surface area contributed by atoms with Crippen LogP contribution in [0.4, 0.5) is 0 Å². The SMILES string of the molecule is COC(=O)[C@@H](N)Cc1c[nH]c2ccc(O)cc12.NC(=O)[C@@H](N)Cc1c[nH]c2ccc(O)cc12.N[C@@H](Cc1c[nH]c2ccc(O)cc12)C(=O)O. The molecule has 0 saturated heterocycles. The van der Waals surface area contributed by atoms with Crippen LogP contribution in [0.25, 0.3) is 32.7 Å². The van der Waals surface area contributed by atoms with Crippen molar-refractivity contribution in [2.24, 2.45) is 22.9 Å². The number of primary amides is 1. The summed E-state index contributed by atoms with van der Waals surface area (Å²) in [5.41, 5.74) is 27.0. The van der Waals surface area contributed by atoms with E-state index in [0.717, 1.165) is 49.4 Å². The molecule has 0 radical (unpaired) electrons. The average molecular weight is 674 g/mol. The van der Waals surface area contributed by atoms with E-state index < -0.39 is 36.0 Å². The summed E-state index contributed by atoms with van der Waals surface area (Å²) in [6.07, 6.45) is 6.24. The molecular weight excluding hydrogens is 634 g/mol. The molecule has 3 heterocycles. The molecule has 0 aliphatic rings. The molecule has 3 aromatic carbocycles. The molecule has 0 aliphatic heterocycles. The highest BCUT2D eigenvalue weighted by Crippen LogP contribution is 2.26. The van der Waals surface area contributed by atoms with Gasteiger partial charge in [0.05, 0.1) is 13.2 Å². The summed E-state index contributed by atoms with van der Waals surface area (Å²) in [6.45, 7) is 0. The van der Waals surface area contributed by atoms with E-state index in [1.54, 1.807) is 73.2 Å². The number of H-pyrrole nitrogens is 3. The number of carboxylic acids is 1. The molecule has 15 heteroatoms. The number of carboxylic acid groups (broad SMARTS) is 1. The third kappa shape index (κ3) is 9.07. The second kappa shape index (κ2) is 15.7. The van der Waals surface area contributed by atoms with Gasteiger partial charge in [0.25, 0.3) is 0 Å². The van der Waals surface area contributed by atoms with Gasteiger partial charge in [-0.1, -0.05) is 0 Å². The molecule has 258 valence electrons. The molecule has 0 aliphatic carbocycles. The van der Waals surface area contributed by atoms with Crippen LogP contribution in [-0.4, -0.2) is 78.5 Å². The smallest absolute Gasteiger partial charge is 0.322 e. The molecule has 0 fully saturated rings. The van der Waals surface area contributed by atoms with Crippen molar-refractivity contribution in [2.45, 2.75) is 37.4 Å². The number of ether oxygens (including phenoxy) is 1. The molecule has 0 spiro atoms. The molecule has 1 amide bonds. The second-order valence-corrected chi connectivity index (χ2v) is 11.3. The van der Waals surface area contributed by atoms with E-state index in [1.165, 1.54) is 7.11 Å². The molecule has 15 N–H and O–H groups in total. The fourth-order valence-corrected chi connectivity index (χ4v) is 5.14. The summed E-state index contributed by atoms with van der Waals surface area (Å²) in [7, 11) is 1.31. The number of esters is 1. The number of amides is 1. The van der Waals surface area contributed by atoms with Crippen LogP contribution in [0, 0.1) is 0 Å². The topological polar surface area (TPSA) is 293 Å². The minimum absolute atomic E-state index is 0.150. The number of rotatable bonds is 9. The van der Waals surface area contributed by atoms with Crippen molar-refractivity contribution < 1.29 is 39.5 Å². The van der Waals surface area contributed by atoms with E-state index in [-0.39, 0.29) is 23.7 Å². The molecule has 0 saturated carbocycles. The van der Waals surface area contributed by atoms with Gasteiger partial charge in [0.15, 0.2) is 0 Å². The predicted molar refractivity (Wildman–Crippen MR) is 184 cm³/mol. The van der Waals surface area contributed by atoms with Crippen LogP contribution in [0.5, 0.6) is 17.2 Å². The third-order valence-electron chi connectivity index (χ3n) is 7.76. The number of fused-ring (bicyclic) bond motifs is 3. The number of nitrogens with one attached hydrogen (secondary N) is 3. The number of carbonyl (C=O) groups is 3. The zero-order chi connectivity index (χ0) is 35.8. The van der Waals surface area contributed by atoms with Gasteiger partial charge in [-0.05, 0) is 77.7 Å². The first kappa shape index (κ1) is 35.8. The predicted octanol–water partition coefficient (Wildman–Crippen LogP) is 1.97. The minimum atomic E-state index is -1.03. The minimum Gasteiger partial charge on any atom is -0.508 e. The lowest BCUT2D eigenvalue weighted by atomic mass is 10.1. The molecule has 0 bridgehead atoms. The van der Waals surface area contributed by atoms with Crippen LogP contribution in [0.3, 0.4) is 0 Å². The lowest BCUT2D eigenvalue weighted by Gasteiger charge is -2.08. The number of methoxy groups -OCH3 is 1. The first-order valence-electron chi connectivity index (χ1n) is 15.0. The maximum absolute atomic E-state index is 11.2. The Hall–Kier alpha value is -6.03. The van der Waals surface area contributed by atoms with Crippen LogP contribution >= 0.6 is 0 Å². The zero-order valence-electron chi connectivity index (χ0n) is 26.5. The number of aliphatic carboxylic acids is 1. The molecule has 6 rings (SSSR count). The number of aromatic hydroxyl groups is 3. The standard InChI is InChI=1S/C12H14N2O3.C11H13N3O2.C11H12N2O3/c1-17-12(16)10(13)4-7-6-14-11-3-2-8(15)5-9(7)11;12-9(11(13)16)3-6-5-14-10-2-1-7(15)4-8(6)10;12-9(11(15)16)3-6-5-13-10-2-1-7(14)4-8(6)10/h2-3,5-6,10,14-15H,4,13H2,1H3;1-2,4-5,9,14-15H,3,12H2,(H2,13,16);1-2,4-5,9,13-14H,3,12H2,(H,15,16)/t10-;2*9-/m000/s1. The molecule has 6 aromatic rings.